The van der Waals surface area contributed by atoms with Gasteiger partial charge in [-0.3, -0.25) is 4.79 Å². The molecule has 0 spiro atoms. The Morgan fingerprint density at radius 2 is 1.79 bits per heavy atom. The van der Waals surface area contributed by atoms with Crippen LogP contribution in [0, 0.1) is 12.8 Å². The number of hydrogen-bond donors (Lipinski definition) is 2. The lowest BCUT2D eigenvalue weighted by atomic mass is 10.0. The van der Waals surface area contributed by atoms with Crippen LogP contribution in [0.5, 0.6) is 11.5 Å². The molecule has 0 bridgehead atoms. The van der Waals surface area contributed by atoms with Crippen molar-refractivity contribution in [3.63, 3.8) is 0 Å². The molecule has 0 aliphatic heterocycles. The summed E-state index contributed by atoms with van der Waals surface area (Å²) in [4.78, 5) is 36.1. The van der Waals surface area contributed by atoms with E-state index < -0.39 is 23.5 Å². The van der Waals surface area contributed by atoms with Crippen LogP contribution in [0.4, 0.5) is 0 Å². The van der Waals surface area contributed by atoms with Gasteiger partial charge in [-0.2, -0.15) is 0 Å². The summed E-state index contributed by atoms with van der Waals surface area (Å²) in [5, 5.41) is 12.4. The zero-order valence-electron chi connectivity index (χ0n) is 16.6. The molecule has 0 unspecified atom stereocenters. The molecule has 0 saturated carbocycles. The molecule has 0 fully saturated rings. The second-order valence-electron chi connectivity index (χ2n) is 6.96. The van der Waals surface area contributed by atoms with Gasteiger partial charge in [-0.1, -0.05) is 13.8 Å². The van der Waals surface area contributed by atoms with Crippen LogP contribution in [0.2, 0.25) is 0 Å². The second-order valence-corrected chi connectivity index (χ2v) is 6.96. The van der Waals surface area contributed by atoms with Gasteiger partial charge in [-0.15, -0.1) is 0 Å². The number of aryl methyl sites for hydroxylation is 1. The molecule has 0 radical (unpaired) electrons. The Labute approximate surface area is 162 Å². The number of fused-ring (bicyclic) bond motifs is 1. The van der Waals surface area contributed by atoms with Gasteiger partial charge in [0.25, 0.3) is 0 Å². The number of methoxy groups -OCH3 is 2. The fraction of sp³-hybridized carbons (Fsp3) is 0.450. The number of carbonyl (C=O) groups is 2. The fourth-order valence-electron chi connectivity index (χ4n) is 3.02. The SMILES string of the molecule is COc1cc2oc(=O)c(CC(=O)N[C@H](CC(C)C)C(=O)O)c(C)c2cc1OC. The molecule has 152 valence electrons. The van der Waals surface area contributed by atoms with E-state index in [0.29, 0.717) is 34.5 Å². The van der Waals surface area contributed by atoms with Crippen molar-refractivity contribution in [3.05, 3.63) is 33.7 Å². The van der Waals surface area contributed by atoms with Crippen molar-refractivity contribution >= 4 is 22.8 Å². The molecule has 1 aromatic heterocycles. The molecule has 8 heteroatoms. The molecule has 28 heavy (non-hydrogen) atoms. The average Bonchev–Trinajstić information content (AvgIpc) is 2.63. The molecule has 0 aliphatic rings. The standard InChI is InChI=1S/C20H25NO7/c1-10(2)6-14(19(23)24)21-18(22)8-13-11(3)12-7-16(26-4)17(27-5)9-15(12)28-20(13)25/h7,9-10,14H,6,8H2,1-5H3,(H,21,22)(H,23,24)/t14-/m1/s1. The number of carbonyl (C=O) groups excluding carboxylic acids is 1. The summed E-state index contributed by atoms with van der Waals surface area (Å²) in [5.41, 5.74) is 0.402. The van der Waals surface area contributed by atoms with E-state index in [1.54, 1.807) is 19.1 Å². The normalized spacial score (nSPS) is 12.1. The Balaban J connectivity index is 2.37. The number of carboxylic acids is 1. The van der Waals surface area contributed by atoms with E-state index in [-0.39, 0.29) is 17.9 Å². The minimum absolute atomic E-state index is 0.0938. The molecule has 1 amide bonds. The lowest BCUT2D eigenvalue weighted by Gasteiger charge is -2.17. The first-order valence-electron chi connectivity index (χ1n) is 8.88. The lowest BCUT2D eigenvalue weighted by Crippen LogP contribution is -2.42. The lowest BCUT2D eigenvalue weighted by molar-refractivity contribution is -0.142. The summed E-state index contributed by atoms with van der Waals surface area (Å²) in [6.07, 6.45) is 0.0176. The van der Waals surface area contributed by atoms with Crippen molar-refractivity contribution in [2.24, 2.45) is 5.92 Å². The van der Waals surface area contributed by atoms with Gasteiger partial charge in [0.05, 0.1) is 26.2 Å². The van der Waals surface area contributed by atoms with E-state index in [9.17, 15) is 19.5 Å². The van der Waals surface area contributed by atoms with Crippen LogP contribution >= 0.6 is 0 Å². The van der Waals surface area contributed by atoms with Crippen LogP contribution < -0.4 is 20.4 Å². The highest BCUT2D eigenvalue weighted by Gasteiger charge is 2.23. The van der Waals surface area contributed by atoms with Crippen LogP contribution in [0.1, 0.15) is 31.4 Å². The van der Waals surface area contributed by atoms with Gasteiger partial charge in [-0.05, 0) is 30.9 Å². The van der Waals surface area contributed by atoms with Crippen LogP contribution in [0.15, 0.2) is 21.3 Å². The number of nitrogens with one attached hydrogen (secondary N) is 1. The molecule has 1 aromatic carbocycles. The molecule has 0 aliphatic carbocycles. The minimum atomic E-state index is -1.11. The highest BCUT2D eigenvalue weighted by molar-refractivity contribution is 5.88. The maximum absolute atomic E-state index is 12.4. The maximum Gasteiger partial charge on any atom is 0.340 e. The Kier molecular flexibility index (Phi) is 6.66. The molecular formula is C20H25NO7. The van der Waals surface area contributed by atoms with Crippen molar-refractivity contribution in [2.75, 3.05) is 14.2 Å². The third-order valence-corrected chi connectivity index (χ3v) is 4.47. The summed E-state index contributed by atoms with van der Waals surface area (Å²) in [5.74, 6) is -0.688. The largest absolute Gasteiger partial charge is 0.493 e. The van der Waals surface area contributed by atoms with Crippen LogP contribution in [-0.2, 0) is 16.0 Å². The molecule has 1 atom stereocenters. The van der Waals surface area contributed by atoms with E-state index in [0.717, 1.165) is 0 Å². The number of benzene rings is 1. The minimum Gasteiger partial charge on any atom is -0.493 e. The molecule has 0 saturated heterocycles. The number of rotatable bonds is 8. The van der Waals surface area contributed by atoms with E-state index in [1.807, 2.05) is 13.8 Å². The number of carboxylic acid groups (broad SMARTS) is 1. The fourth-order valence-corrected chi connectivity index (χ4v) is 3.02. The van der Waals surface area contributed by atoms with E-state index in [4.69, 9.17) is 13.9 Å². The smallest absolute Gasteiger partial charge is 0.340 e. The van der Waals surface area contributed by atoms with Crippen molar-refractivity contribution in [1.82, 2.24) is 5.32 Å². The monoisotopic (exact) mass is 391 g/mol. The summed E-state index contributed by atoms with van der Waals surface area (Å²) < 4.78 is 15.8. The van der Waals surface area contributed by atoms with E-state index in [1.165, 1.54) is 14.2 Å². The summed E-state index contributed by atoms with van der Waals surface area (Å²) in [6.45, 7) is 5.44. The van der Waals surface area contributed by atoms with Gasteiger partial charge in [0.15, 0.2) is 11.5 Å². The van der Waals surface area contributed by atoms with Crippen LogP contribution in [0.25, 0.3) is 11.0 Å². The summed E-state index contributed by atoms with van der Waals surface area (Å²) >= 11 is 0. The Hall–Kier alpha value is -3.03. The Bertz CT molecular complexity index is 946. The van der Waals surface area contributed by atoms with E-state index >= 15 is 0 Å². The zero-order valence-corrected chi connectivity index (χ0v) is 16.6. The molecule has 1 heterocycles. The van der Waals surface area contributed by atoms with E-state index in [2.05, 4.69) is 5.32 Å². The van der Waals surface area contributed by atoms with Crippen molar-refractivity contribution in [3.8, 4) is 11.5 Å². The van der Waals surface area contributed by atoms with Gasteiger partial charge in [0.1, 0.15) is 11.6 Å². The van der Waals surface area contributed by atoms with Crippen LogP contribution in [0.3, 0.4) is 0 Å². The third kappa shape index (κ3) is 4.62. The number of aliphatic carboxylic acids is 1. The average molecular weight is 391 g/mol. The second kappa shape index (κ2) is 8.77. The first kappa shape index (κ1) is 21.3. The Morgan fingerprint density at radius 1 is 1.18 bits per heavy atom. The molecule has 2 aromatic rings. The maximum atomic E-state index is 12.4. The molecule has 8 nitrogen and oxygen atoms in total. The van der Waals surface area contributed by atoms with Gasteiger partial charge in [0.2, 0.25) is 5.91 Å². The zero-order chi connectivity index (χ0) is 21.0. The molecular weight excluding hydrogens is 366 g/mol. The number of amides is 1. The number of hydrogen-bond acceptors (Lipinski definition) is 6. The first-order valence-corrected chi connectivity index (χ1v) is 8.88. The van der Waals surface area contributed by atoms with Gasteiger partial charge >= 0.3 is 11.6 Å². The number of ether oxygens (including phenoxy) is 2. The van der Waals surface area contributed by atoms with Gasteiger partial charge in [-0.25, -0.2) is 9.59 Å². The van der Waals surface area contributed by atoms with Crippen LogP contribution in [-0.4, -0.2) is 37.2 Å². The van der Waals surface area contributed by atoms with Crippen molar-refractivity contribution in [1.29, 1.82) is 0 Å². The van der Waals surface area contributed by atoms with Gasteiger partial charge in [0, 0.05) is 11.5 Å². The summed E-state index contributed by atoms with van der Waals surface area (Å²) in [6, 6.07) is 2.21. The van der Waals surface area contributed by atoms with Gasteiger partial charge < -0.3 is 24.3 Å². The molecule has 2 N–H and O–H groups in total. The predicted molar refractivity (Wildman–Crippen MR) is 103 cm³/mol. The highest BCUT2D eigenvalue weighted by atomic mass is 16.5. The third-order valence-electron chi connectivity index (χ3n) is 4.47. The topological polar surface area (TPSA) is 115 Å². The van der Waals surface area contributed by atoms with Crippen molar-refractivity contribution in [2.45, 2.75) is 39.7 Å². The first-order chi connectivity index (χ1) is 13.2. The summed E-state index contributed by atoms with van der Waals surface area (Å²) in [7, 11) is 2.97. The molecule has 2 rings (SSSR count). The predicted octanol–water partition coefficient (Wildman–Crippen LogP) is 2.28. The quantitative estimate of drug-likeness (QED) is 0.663. The van der Waals surface area contributed by atoms with Crippen molar-refractivity contribution < 1.29 is 28.6 Å². The Morgan fingerprint density at radius 3 is 2.32 bits per heavy atom. The highest BCUT2D eigenvalue weighted by Crippen LogP contribution is 2.33.